The summed E-state index contributed by atoms with van der Waals surface area (Å²) < 4.78 is 21.0. The van der Waals surface area contributed by atoms with Crippen molar-refractivity contribution in [2.75, 3.05) is 5.32 Å². The van der Waals surface area contributed by atoms with Gasteiger partial charge in [0.15, 0.2) is 35.1 Å². The third kappa shape index (κ3) is 4.74. The summed E-state index contributed by atoms with van der Waals surface area (Å²) in [5, 5.41) is 26.7. The maximum Gasteiger partial charge on any atom is 0.255 e. The Morgan fingerprint density at radius 3 is 2.84 bits per heavy atom. The molecular formula is C24H23FN8O4. The summed E-state index contributed by atoms with van der Waals surface area (Å²) >= 11 is 0. The highest BCUT2D eigenvalue weighted by Gasteiger charge is 2.47. The van der Waals surface area contributed by atoms with Crippen molar-refractivity contribution in [3.8, 4) is 11.4 Å². The first-order valence-corrected chi connectivity index (χ1v) is 11.3. The number of imidazole rings is 1. The van der Waals surface area contributed by atoms with Crippen LogP contribution < -0.4 is 10.6 Å². The zero-order chi connectivity index (χ0) is 26.1. The highest BCUT2D eigenvalue weighted by Crippen LogP contribution is 2.33. The predicted molar refractivity (Wildman–Crippen MR) is 129 cm³/mol. The van der Waals surface area contributed by atoms with Crippen LogP contribution in [0.3, 0.4) is 0 Å². The van der Waals surface area contributed by atoms with Gasteiger partial charge in [0.25, 0.3) is 5.91 Å². The van der Waals surface area contributed by atoms with Crippen LogP contribution in [0.4, 0.5) is 10.2 Å². The van der Waals surface area contributed by atoms with E-state index < -0.39 is 36.3 Å². The van der Waals surface area contributed by atoms with Crippen LogP contribution in [0, 0.1) is 12.7 Å². The summed E-state index contributed by atoms with van der Waals surface area (Å²) in [6.07, 6.45) is -0.545. The van der Waals surface area contributed by atoms with Crippen molar-refractivity contribution < 1.29 is 24.1 Å². The number of pyridine rings is 2. The first-order chi connectivity index (χ1) is 17.9. The number of anilines is 1. The summed E-state index contributed by atoms with van der Waals surface area (Å²) in [4.78, 5) is 34.0. The van der Waals surface area contributed by atoms with E-state index in [1.54, 1.807) is 0 Å². The summed E-state index contributed by atoms with van der Waals surface area (Å²) in [5.41, 5.74) is 2.46. The Bertz CT molecular complexity index is 1480. The van der Waals surface area contributed by atoms with Crippen LogP contribution in [0.5, 0.6) is 0 Å². The predicted octanol–water partition coefficient (Wildman–Crippen LogP) is 1.22. The molecule has 12 nitrogen and oxygen atoms in total. The molecule has 4 aromatic rings. The number of nitrogens with zero attached hydrogens (tertiary/aromatic N) is 6. The topological polar surface area (TPSA) is 160 Å². The number of hydrogen-bond acceptors (Lipinski definition) is 10. The van der Waals surface area contributed by atoms with Crippen molar-refractivity contribution in [3.05, 3.63) is 73.0 Å². The highest BCUT2D eigenvalue weighted by atomic mass is 19.1. The van der Waals surface area contributed by atoms with Crippen molar-refractivity contribution in [1.82, 2.24) is 34.8 Å². The molecule has 4 atom stereocenters. The molecule has 4 N–H and O–H groups in total. The molecule has 1 amide bonds. The minimum atomic E-state index is -1.51. The van der Waals surface area contributed by atoms with Crippen LogP contribution in [-0.4, -0.2) is 63.9 Å². The van der Waals surface area contributed by atoms with Gasteiger partial charge in [0, 0.05) is 17.5 Å². The third-order valence-corrected chi connectivity index (χ3v) is 5.78. The molecule has 1 fully saturated rings. The SMILES string of the molecule is C=CNC(=O)[C@H]1O[C@@H](n2cnc3c(NCc4cccc(C)n4)nc(-c4cncc(F)c4)nc32)[C@H](O)[C@@H]1O. The third-order valence-electron chi connectivity index (χ3n) is 5.78. The number of aliphatic hydroxyl groups excluding tert-OH is 2. The molecule has 0 spiro atoms. The van der Waals surface area contributed by atoms with Crippen LogP contribution in [0.1, 0.15) is 17.6 Å². The minimum Gasteiger partial charge on any atom is -0.387 e. The van der Waals surface area contributed by atoms with Crippen LogP contribution in [0.2, 0.25) is 0 Å². The van der Waals surface area contributed by atoms with Gasteiger partial charge in [0.05, 0.1) is 24.8 Å². The van der Waals surface area contributed by atoms with E-state index in [-0.39, 0.29) is 11.5 Å². The molecule has 0 aromatic carbocycles. The standard InChI is InChI=1S/C24H23FN8O4/c1-3-27-23(36)19-17(34)18(35)24(37-19)33-11-29-16-21(28-10-15-6-4-5-12(2)30-15)31-20(32-22(16)33)13-7-14(25)9-26-8-13/h3-9,11,17-19,24,34-35H,1,10H2,2H3,(H,27,36)(H,28,31,32)/t17-,18+,19-,24+/m0/s1. The normalized spacial score (nSPS) is 21.2. The van der Waals surface area contributed by atoms with Crippen LogP contribution in [0.25, 0.3) is 22.6 Å². The number of nitrogens with one attached hydrogen (secondary N) is 2. The first-order valence-electron chi connectivity index (χ1n) is 11.3. The average Bonchev–Trinajstić information content (AvgIpc) is 3.43. The lowest BCUT2D eigenvalue weighted by molar-refractivity contribution is -0.136. The monoisotopic (exact) mass is 506 g/mol. The number of fused-ring (bicyclic) bond motifs is 1. The Labute approximate surface area is 209 Å². The van der Waals surface area contributed by atoms with E-state index in [4.69, 9.17) is 4.74 Å². The number of carbonyl (C=O) groups is 1. The van der Waals surface area contributed by atoms with E-state index in [9.17, 15) is 19.4 Å². The lowest BCUT2D eigenvalue weighted by Crippen LogP contribution is -2.40. The lowest BCUT2D eigenvalue weighted by atomic mass is 10.1. The quantitative estimate of drug-likeness (QED) is 0.287. The molecule has 37 heavy (non-hydrogen) atoms. The molecule has 190 valence electrons. The second kappa shape index (κ2) is 9.97. The molecular weight excluding hydrogens is 483 g/mol. The summed E-state index contributed by atoms with van der Waals surface area (Å²) in [5.74, 6) is -0.778. The fraction of sp³-hybridized carbons (Fsp3) is 0.250. The highest BCUT2D eigenvalue weighted by molar-refractivity contribution is 5.85. The van der Waals surface area contributed by atoms with Crippen LogP contribution in [-0.2, 0) is 16.1 Å². The number of aryl methyl sites for hydroxylation is 1. The minimum absolute atomic E-state index is 0.134. The van der Waals surface area contributed by atoms with Gasteiger partial charge in [-0.15, -0.1) is 0 Å². The number of aromatic nitrogens is 6. The van der Waals surface area contributed by atoms with E-state index in [2.05, 4.69) is 42.1 Å². The first kappa shape index (κ1) is 24.4. The Morgan fingerprint density at radius 1 is 1.24 bits per heavy atom. The maximum absolute atomic E-state index is 13.9. The zero-order valence-corrected chi connectivity index (χ0v) is 19.6. The number of hydrogen-bond donors (Lipinski definition) is 4. The number of halogens is 1. The smallest absolute Gasteiger partial charge is 0.255 e. The Kier molecular flexibility index (Phi) is 6.56. The molecule has 0 aliphatic carbocycles. The second-order valence-electron chi connectivity index (χ2n) is 8.38. The fourth-order valence-electron chi connectivity index (χ4n) is 4.05. The van der Waals surface area contributed by atoms with Gasteiger partial charge in [-0.3, -0.25) is 19.3 Å². The van der Waals surface area contributed by atoms with Crippen molar-refractivity contribution in [3.63, 3.8) is 0 Å². The van der Waals surface area contributed by atoms with Crippen LogP contribution in [0.15, 0.2) is 55.8 Å². The van der Waals surface area contributed by atoms with Crippen molar-refractivity contribution in [1.29, 1.82) is 0 Å². The van der Waals surface area contributed by atoms with Gasteiger partial charge in [0.2, 0.25) is 0 Å². The van der Waals surface area contributed by atoms with Gasteiger partial charge in [-0.1, -0.05) is 12.6 Å². The van der Waals surface area contributed by atoms with Gasteiger partial charge in [-0.05, 0) is 31.3 Å². The molecule has 1 saturated heterocycles. The Balaban J connectivity index is 1.57. The van der Waals surface area contributed by atoms with Gasteiger partial charge < -0.3 is 25.6 Å². The number of ether oxygens (including phenoxy) is 1. The average molecular weight is 506 g/mol. The number of carbonyl (C=O) groups excluding carboxylic acids is 1. The zero-order valence-electron chi connectivity index (χ0n) is 19.6. The number of aliphatic hydroxyl groups is 2. The Morgan fingerprint density at radius 2 is 2.08 bits per heavy atom. The largest absolute Gasteiger partial charge is 0.387 e. The maximum atomic E-state index is 13.9. The second-order valence-corrected chi connectivity index (χ2v) is 8.38. The fourth-order valence-corrected chi connectivity index (χ4v) is 4.05. The van der Waals surface area contributed by atoms with Crippen LogP contribution >= 0.6 is 0 Å². The van der Waals surface area contributed by atoms with E-state index >= 15 is 0 Å². The number of rotatable bonds is 7. The molecule has 5 rings (SSSR count). The van der Waals surface area contributed by atoms with Crippen molar-refractivity contribution in [2.45, 2.75) is 38.0 Å². The summed E-state index contributed by atoms with van der Waals surface area (Å²) in [6.45, 7) is 5.61. The molecule has 0 bridgehead atoms. The molecule has 0 unspecified atom stereocenters. The van der Waals surface area contributed by atoms with Gasteiger partial charge >= 0.3 is 0 Å². The van der Waals surface area contributed by atoms with Gasteiger partial charge in [0.1, 0.15) is 18.0 Å². The number of amides is 1. The Hall–Kier alpha value is -4.33. The lowest BCUT2D eigenvalue weighted by Gasteiger charge is -2.17. The molecule has 1 aliphatic rings. The molecule has 4 aromatic heterocycles. The van der Waals surface area contributed by atoms with E-state index in [1.807, 2.05) is 25.1 Å². The molecule has 0 saturated carbocycles. The molecule has 5 heterocycles. The van der Waals surface area contributed by atoms with E-state index in [0.29, 0.717) is 23.4 Å². The molecule has 0 radical (unpaired) electrons. The van der Waals surface area contributed by atoms with E-state index in [0.717, 1.165) is 23.8 Å². The van der Waals surface area contributed by atoms with Gasteiger partial charge in [-0.2, -0.15) is 0 Å². The molecule has 13 heteroatoms. The van der Waals surface area contributed by atoms with Crippen molar-refractivity contribution in [2.24, 2.45) is 0 Å². The summed E-state index contributed by atoms with van der Waals surface area (Å²) in [6, 6.07) is 6.86. The summed E-state index contributed by atoms with van der Waals surface area (Å²) in [7, 11) is 0. The van der Waals surface area contributed by atoms with Gasteiger partial charge in [-0.25, -0.2) is 19.3 Å². The van der Waals surface area contributed by atoms with Crippen molar-refractivity contribution >= 4 is 22.9 Å². The van der Waals surface area contributed by atoms with E-state index in [1.165, 1.54) is 23.2 Å². The molecule has 1 aliphatic heterocycles.